The molecular formula is C26H23ClN4O6. The number of amides is 1. The van der Waals surface area contributed by atoms with Gasteiger partial charge in [-0.1, -0.05) is 11.6 Å². The molecule has 0 atom stereocenters. The number of aromatic nitrogens is 1. The van der Waals surface area contributed by atoms with Crippen LogP contribution in [0, 0.1) is 24.0 Å². The van der Waals surface area contributed by atoms with E-state index in [1.54, 1.807) is 6.07 Å². The number of halogens is 1. The Balaban J connectivity index is 1.36. The third-order valence-corrected chi connectivity index (χ3v) is 5.68. The van der Waals surface area contributed by atoms with Gasteiger partial charge in [0.1, 0.15) is 18.1 Å². The number of nitrogens with zero attached hydrogens (tertiary/aromatic N) is 3. The van der Waals surface area contributed by atoms with Crippen LogP contribution >= 0.6 is 11.6 Å². The molecule has 0 saturated carbocycles. The molecule has 0 saturated heterocycles. The maximum atomic E-state index is 12.4. The lowest BCUT2D eigenvalue weighted by molar-refractivity contribution is -0.385. The zero-order valence-corrected chi connectivity index (χ0v) is 21.0. The van der Waals surface area contributed by atoms with E-state index in [0.717, 1.165) is 17.1 Å². The van der Waals surface area contributed by atoms with Gasteiger partial charge in [-0.25, -0.2) is 5.43 Å². The highest BCUT2D eigenvalue weighted by molar-refractivity contribution is 6.31. The highest BCUT2D eigenvalue weighted by atomic mass is 35.5. The summed E-state index contributed by atoms with van der Waals surface area (Å²) < 4.78 is 18.6. The Morgan fingerprint density at radius 2 is 1.84 bits per heavy atom. The molecular weight excluding hydrogens is 500 g/mol. The molecule has 2 aromatic carbocycles. The van der Waals surface area contributed by atoms with Crippen LogP contribution in [0.15, 0.2) is 70.2 Å². The second kappa shape index (κ2) is 11.0. The van der Waals surface area contributed by atoms with Crippen molar-refractivity contribution >= 4 is 29.4 Å². The minimum Gasteiger partial charge on any atom is -0.490 e. The molecule has 0 bridgehead atoms. The number of hydrogen-bond acceptors (Lipinski definition) is 7. The van der Waals surface area contributed by atoms with Crippen LogP contribution in [-0.2, 0) is 6.61 Å². The van der Waals surface area contributed by atoms with Crippen molar-refractivity contribution in [3.8, 4) is 17.2 Å². The van der Waals surface area contributed by atoms with Crippen molar-refractivity contribution in [2.45, 2.75) is 20.5 Å². The molecule has 0 fully saturated rings. The average Bonchev–Trinajstić information content (AvgIpc) is 3.49. The number of nitro groups is 1. The van der Waals surface area contributed by atoms with E-state index in [1.807, 2.05) is 38.1 Å². The monoisotopic (exact) mass is 522 g/mol. The first kappa shape index (κ1) is 25.5. The largest absolute Gasteiger partial charge is 0.490 e. The number of nitrogens with one attached hydrogen (secondary N) is 1. The standard InChI is InChI=1S/C26H23ClN4O6/c1-16-4-5-17(2)30(16)20-6-8-21(9-7-20)36-15-22-10-11-24(37-22)26(32)29-28-14-18-12-19(27)13-23(31(33)34)25(18)35-3/h4-14H,15H2,1-3H3,(H,29,32)/b28-14+. The maximum absolute atomic E-state index is 12.4. The Hall–Kier alpha value is -4.57. The predicted molar refractivity (Wildman–Crippen MR) is 138 cm³/mol. The summed E-state index contributed by atoms with van der Waals surface area (Å²) >= 11 is 5.94. The maximum Gasteiger partial charge on any atom is 0.313 e. The number of rotatable bonds is 9. The van der Waals surface area contributed by atoms with Gasteiger partial charge in [-0.05, 0) is 68.4 Å². The molecule has 37 heavy (non-hydrogen) atoms. The SMILES string of the molecule is COc1c(/C=N/NC(=O)c2ccc(COc3ccc(-n4c(C)ccc4C)cc3)o2)cc(Cl)cc1[N+](=O)[O-]. The number of methoxy groups -OCH3 is 1. The summed E-state index contributed by atoms with van der Waals surface area (Å²) in [6.07, 6.45) is 1.20. The van der Waals surface area contributed by atoms with Crippen molar-refractivity contribution in [3.05, 3.63) is 104 Å². The Labute approximate surface area is 217 Å². The number of nitro benzene ring substituents is 1. The minimum absolute atomic E-state index is 0.0219. The van der Waals surface area contributed by atoms with Gasteiger partial charge < -0.3 is 18.5 Å². The van der Waals surface area contributed by atoms with Gasteiger partial charge in [-0.15, -0.1) is 0 Å². The van der Waals surface area contributed by atoms with E-state index in [0.29, 0.717) is 11.5 Å². The van der Waals surface area contributed by atoms with E-state index < -0.39 is 10.8 Å². The van der Waals surface area contributed by atoms with Crippen molar-refractivity contribution in [2.24, 2.45) is 5.10 Å². The van der Waals surface area contributed by atoms with Crippen molar-refractivity contribution in [3.63, 3.8) is 0 Å². The van der Waals surface area contributed by atoms with Gasteiger partial charge in [-0.3, -0.25) is 14.9 Å². The van der Waals surface area contributed by atoms with Crippen LogP contribution in [0.3, 0.4) is 0 Å². The van der Waals surface area contributed by atoms with Crippen molar-refractivity contribution in [1.29, 1.82) is 0 Å². The number of hydrazone groups is 1. The van der Waals surface area contributed by atoms with E-state index >= 15 is 0 Å². The molecule has 1 amide bonds. The number of benzene rings is 2. The van der Waals surface area contributed by atoms with E-state index in [2.05, 4.69) is 27.2 Å². The molecule has 11 heteroatoms. The quantitative estimate of drug-likeness (QED) is 0.173. The van der Waals surface area contributed by atoms with Gasteiger partial charge in [0, 0.05) is 33.7 Å². The lowest BCUT2D eigenvalue weighted by atomic mass is 10.2. The van der Waals surface area contributed by atoms with Crippen LogP contribution in [0.2, 0.25) is 5.02 Å². The summed E-state index contributed by atoms with van der Waals surface area (Å²) in [4.78, 5) is 23.0. The lowest BCUT2D eigenvalue weighted by Gasteiger charge is -2.10. The van der Waals surface area contributed by atoms with Crippen LogP contribution in [0.1, 0.15) is 33.3 Å². The Kier molecular flexibility index (Phi) is 7.59. The van der Waals surface area contributed by atoms with Crippen molar-refractivity contribution in [1.82, 2.24) is 9.99 Å². The second-order valence-electron chi connectivity index (χ2n) is 8.00. The van der Waals surface area contributed by atoms with Crippen LogP contribution in [-0.4, -0.2) is 28.7 Å². The molecule has 4 rings (SSSR count). The molecule has 0 aliphatic carbocycles. The first-order valence-electron chi connectivity index (χ1n) is 11.1. The molecule has 4 aromatic rings. The lowest BCUT2D eigenvalue weighted by Crippen LogP contribution is -2.17. The fourth-order valence-corrected chi connectivity index (χ4v) is 3.99. The number of ether oxygens (including phenoxy) is 2. The first-order chi connectivity index (χ1) is 17.8. The Morgan fingerprint density at radius 3 is 2.49 bits per heavy atom. The van der Waals surface area contributed by atoms with Crippen LogP contribution in [0.4, 0.5) is 5.69 Å². The van der Waals surface area contributed by atoms with Crippen LogP contribution in [0.5, 0.6) is 11.5 Å². The van der Waals surface area contributed by atoms with Gasteiger partial charge in [0.25, 0.3) is 0 Å². The molecule has 2 heterocycles. The summed E-state index contributed by atoms with van der Waals surface area (Å²) in [5.41, 5.74) is 5.54. The summed E-state index contributed by atoms with van der Waals surface area (Å²) in [6, 6.07) is 17.5. The fourth-order valence-electron chi connectivity index (χ4n) is 3.77. The zero-order chi connectivity index (χ0) is 26.5. The number of furan rings is 1. The molecule has 1 N–H and O–H groups in total. The van der Waals surface area contributed by atoms with Gasteiger partial charge in [0.15, 0.2) is 5.76 Å². The molecule has 2 aromatic heterocycles. The molecule has 0 aliphatic heterocycles. The van der Waals surface area contributed by atoms with Crippen LogP contribution < -0.4 is 14.9 Å². The van der Waals surface area contributed by atoms with E-state index in [4.69, 9.17) is 25.5 Å². The van der Waals surface area contributed by atoms with Gasteiger partial charge in [0.05, 0.1) is 18.2 Å². The van der Waals surface area contributed by atoms with Gasteiger partial charge in [0.2, 0.25) is 5.75 Å². The molecule has 0 unspecified atom stereocenters. The first-order valence-corrected chi connectivity index (χ1v) is 11.5. The topological polar surface area (TPSA) is 121 Å². The van der Waals surface area contributed by atoms with E-state index in [1.165, 1.54) is 31.5 Å². The smallest absolute Gasteiger partial charge is 0.313 e. The second-order valence-corrected chi connectivity index (χ2v) is 8.44. The molecule has 190 valence electrons. The summed E-state index contributed by atoms with van der Waals surface area (Å²) in [5, 5.41) is 15.2. The summed E-state index contributed by atoms with van der Waals surface area (Å²) in [5.74, 6) is 0.482. The molecule has 0 aliphatic rings. The van der Waals surface area contributed by atoms with Gasteiger partial charge in [-0.2, -0.15) is 5.10 Å². The minimum atomic E-state index is -0.619. The van der Waals surface area contributed by atoms with Crippen LogP contribution in [0.25, 0.3) is 5.69 Å². The van der Waals surface area contributed by atoms with Crippen molar-refractivity contribution in [2.75, 3.05) is 7.11 Å². The van der Waals surface area contributed by atoms with Gasteiger partial charge >= 0.3 is 11.6 Å². The zero-order valence-electron chi connectivity index (χ0n) is 20.2. The number of carbonyl (C=O) groups is 1. The predicted octanol–water partition coefficient (Wildman–Crippen LogP) is 5.60. The fraction of sp³-hybridized carbons (Fsp3) is 0.154. The molecule has 10 nitrogen and oxygen atoms in total. The third-order valence-electron chi connectivity index (χ3n) is 5.47. The summed E-state index contributed by atoms with van der Waals surface area (Å²) in [7, 11) is 1.29. The Morgan fingerprint density at radius 1 is 1.14 bits per heavy atom. The number of aryl methyl sites for hydroxylation is 2. The van der Waals surface area contributed by atoms with E-state index in [-0.39, 0.29) is 34.4 Å². The average molecular weight is 523 g/mol. The number of carbonyl (C=O) groups excluding carboxylic acids is 1. The Bertz CT molecular complexity index is 1450. The highest BCUT2D eigenvalue weighted by Gasteiger charge is 2.19. The van der Waals surface area contributed by atoms with E-state index in [9.17, 15) is 14.9 Å². The number of hydrogen-bond donors (Lipinski definition) is 1. The third kappa shape index (κ3) is 5.81. The molecule has 0 spiro atoms. The normalized spacial score (nSPS) is 11.0. The van der Waals surface area contributed by atoms with Crippen molar-refractivity contribution < 1.29 is 23.6 Å². The highest BCUT2D eigenvalue weighted by Crippen LogP contribution is 2.33. The molecule has 0 radical (unpaired) electrons. The summed E-state index contributed by atoms with van der Waals surface area (Å²) in [6.45, 7) is 4.22.